The van der Waals surface area contributed by atoms with E-state index >= 15 is 0 Å². The summed E-state index contributed by atoms with van der Waals surface area (Å²) in [4.78, 5) is 10.2. The molecule has 0 aliphatic rings. The molecular formula is C12H15ClFNO2. The third-order valence-corrected chi connectivity index (χ3v) is 2.61. The minimum Gasteiger partial charge on any atom is -0.481 e. The maximum Gasteiger partial charge on any atom is 0.303 e. The standard InChI is InChI=1S/C12H15ClFNO2/c13-10-8-9(3-4-11(10)14)5-7-15-6-1-2-12(16)17/h3-4,8,15H,1-2,5-7H2,(H,16,17). The first-order valence-electron chi connectivity index (χ1n) is 5.46. The highest BCUT2D eigenvalue weighted by Crippen LogP contribution is 2.15. The van der Waals surface area contributed by atoms with Gasteiger partial charge < -0.3 is 10.4 Å². The fourth-order valence-corrected chi connectivity index (χ4v) is 1.62. The number of hydrogen-bond acceptors (Lipinski definition) is 2. The van der Waals surface area contributed by atoms with E-state index in [0.29, 0.717) is 13.0 Å². The highest BCUT2D eigenvalue weighted by atomic mass is 35.5. The third kappa shape index (κ3) is 5.65. The van der Waals surface area contributed by atoms with Crippen LogP contribution in [-0.4, -0.2) is 24.2 Å². The van der Waals surface area contributed by atoms with Crippen LogP contribution in [0.3, 0.4) is 0 Å². The lowest BCUT2D eigenvalue weighted by Gasteiger charge is -2.04. The van der Waals surface area contributed by atoms with Crippen LogP contribution in [0, 0.1) is 5.82 Å². The van der Waals surface area contributed by atoms with E-state index in [1.165, 1.54) is 6.07 Å². The van der Waals surface area contributed by atoms with Crippen LogP contribution in [0.5, 0.6) is 0 Å². The fraction of sp³-hybridized carbons (Fsp3) is 0.417. The number of rotatable bonds is 7. The minimum absolute atomic E-state index is 0.133. The van der Waals surface area contributed by atoms with Crippen LogP contribution in [0.4, 0.5) is 4.39 Å². The van der Waals surface area contributed by atoms with Crippen LogP contribution >= 0.6 is 11.6 Å². The Morgan fingerprint density at radius 3 is 2.82 bits per heavy atom. The molecule has 0 unspecified atom stereocenters. The number of carboxylic acid groups (broad SMARTS) is 1. The first-order valence-corrected chi connectivity index (χ1v) is 5.84. The molecule has 0 aliphatic carbocycles. The van der Waals surface area contributed by atoms with Crippen molar-refractivity contribution in [2.75, 3.05) is 13.1 Å². The molecule has 0 aromatic heterocycles. The number of aliphatic carboxylic acids is 1. The second-order valence-corrected chi connectivity index (χ2v) is 4.15. The van der Waals surface area contributed by atoms with Gasteiger partial charge in [-0.2, -0.15) is 0 Å². The van der Waals surface area contributed by atoms with Gasteiger partial charge in [-0.25, -0.2) is 4.39 Å². The Bertz CT molecular complexity index is 385. The lowest BCUT2D eigenvalue weighted by Crippen LogP contribution is -2.19. The van der Waals surface area contributed by atoms with Crippen molar-refractivity contribution in [3.05, 3.63) is 34.6 Å². The van der Waals surface area contributed by atoms with Crippen molar-refractivity contribution >= 4 is 17.6 Å². The Morgan fingerprint density at radius 1 is 1.41 bits per heavy atom. The van der Waals surface area contributed by atoms with E-state index in [9.17, 15) is 9.18 Å². The summed E-state index contributed by atoms with van der Waals surface area (Å²) in [6.45, 7) is 1.39. The van der Waals surface area contributed by atoms with E-state index in [0.717, 1.165) is 18.5 Å². The van der Waals surface area contributed by atoms with Gasteiger partial charge in [-0.05, 0) is 43.6 Å². The molecule has 0 aliphatic heterocycles. The Morgan fingerprint density at radius 2 is 2.18 bits per heavy atom. The summed E-state index contributed by atoms with van der Waals surface area (Å²) in [6, 6.07) is 4.65. The number of nitrogens with one attached hydrogen (secondary N) is 1. The van der Waals surface area contributed by atoms with Crippen molar-refractivity contribution in [3.8, 4) is 0 Å². The van der Waals surface area contributed by atoms with Gasteiger partial charge in [-0.1, -0.05) is 17.7 Å². The number of carbonyl (C=O) groups is 1. The van der Waals surface area contributed by atoms with Crippen molar-refractivity contribution in [1.82, 2.24) is 5.32 Å². The predicted molar refractivity (Wildman–Crippen MR) is 64.9 cm³/mol. The van der Waals surface area contributed by atoms with Crippen molar-refractivity contribution in [2.24, 2.45) is 0 Å². The summed E-state index contributed by atoms with van der Waals surface area (Å²) in [7, 11) is 0. The molecule has 0 atom stereocenters. The molecule has 0 saturated carbocycles. The van der Waals surface area contributed by atoms with Crippen LogP contribution in [0.25, 0.3) is 0 Å². The topological polar surface area (TPSA) is 49.3 Å². The molecule has 0 saturated heterocycles. The summed E-state index contributed by atoms with van der Waals surface area (Å²) in [5.41, 5.74) is 0.960. The van der Waals surface area contributed by atoms with Crippen molar-refractivity contribution in [2.45, 2.75) is 19.3 Å². The van der Waals surface area contributed by atoms with Crippen molar-refractivity contribution in [1.29, 1.82) is 0 Å². The molecule has 0 radical (unpaired) electrons. The largest absolute Gasteiger partial charge is 0.481 e. The molecule has 1 aromatic rings. The number of carboxylic acids is 1. The highest BCUT2D eigenvalue weighted by Gasteiger charge is 2.01. The van der Waals surface area contributed by atoms with E-state index in [1.54, 1.807) is 12.1 Å². The Balaban J connectivity index is 2.18. The van der Waals surface area contributed by atoms with Gasteiger partial charge >= 0.3 is 5.97 Å². The molecule has 0 spiro atoms. The second-order valence-electron chi connectivity index (χ2n) is 3.75. The molecule has 1 rings (SSSR count). The van der Waals surface area contributed by atoms with Gasteiger partial charge in [-0.15, -0.1) is 0 Å². The van der Waals surface area contributed by atoms with Crippen LogP contribution in [0.1, 0.15) is 18.4 Å². The van der Waals surface area contributed by atoms with Gasteiger partial charge in [0.15, 0.2) is 0 Å². The zero-order chi connectivity index (χ0) is 12.7. The van der Waals surface area contributed by atoms with Gasteiger partial charge in [0.25, 0.3) is 0 Å². The molecule has 2 N–H and O–H groups in total. The zero-order valence-corrected chi connectivity index (χ0v) is 10.1. The molecule has 0 amide bonds. The van der Waals surface area contributed by atoms with Gasteiger partial charge in [0.1, 0.15) is 5.82 Å². The first kappa shape index (κ1) is 13.9. The Labute approximate surface area is 105 Å². The van der Waals surface area contributed by atoms with Crippen molar-refractivity contribution in [3.63, 3.8) is 0 Å². The Hall–Kier alpha value is -1.13. The van der Waals surface area contributed by atoms with Crippen molar-refractivity contribution < 1.29 is 14.3 Å². The zero-order valence-electron chi connectivity index (χ0n) is 9.38. The summed E-state index contributed by atoms with van der Waals surface area (Å²) < 4.78 is 12.9. The van der Waals surface area contributed by atoms with Crippen LogP contribution in [-0.2, 0) is 11.2 Å². The number of halogens is 2. The maximum atomic E-state index is 12.9. The smallest absolute Gasteiger partial charge is 0.303 e. The molecule has 17 heavy (non-hydrogen) atoms. The minimum atomic E-state index is -0.780. The summed E-state index contributed by atoms with van der Waals surface area (Å²) in [6.07, 6.45) is 1.53. The van der Waals surface area contributed by atoms with Gasteiger partial charge in [0, 0.05) is 6.42 Å². The maximum absolute atomic E-state index is 12.9. The molecule has 1 aromatic carbocycles. The molecule has 0 fully saturated rings. The van der Waals surface area contributed by atoms with Crippen LogP contribution in [0.2, 0.25) is 5.02 Å². The van der Waals surface area contributed by atoms with Crippen LogP contribution in [0.15, 0.2) is 18.2 Å². The monoisotopic (exact) mass is 259 g/mol. The first-order chi connectivity index (χ1) is 8.09. The Kier molecular flexibility index (Phi) is 5.94. The van der Waals surface area contributed by atoms with E-state index in [-0.39, 0.29) is 11.4 Å². The normalized spacial score (nSPS) is 10.5. The lowest BCUT2D eigenvalue weighted by atomic mass is 10.1. The lowest BCUT2D eigenvalue weighted by molar-refractivity contribution is -0.137. The van der Waals surface area contributed by atoms with Gasteiger partial charge in [0.2, 0.25) is 0 Å². The molecule has 3 nitrogen and oxygen atoms in total. The molecule has 5 heteroatoms. The average molecular weight is 260 g/mol. The SMILES string of the molecule is O=C(O)CCCNCCc1ccc(F)c(Cl)c1. The summed E-state index contributed by atoms with van der Waals surface area (Å²) in [5.74, 6) is -1.19. The van der Waals surface area contributed by atoms with E-state index in [2.05, 4.69) is 5.32 Å². The third-order valence-electron chi connectivity index (χ3n) is 2.32. The van der Waals surface area contributed by atoms with Gasteiger partial charge in [-0.3, -0.25) is 4.79 Å². The molecule has 0 bridgehead atoms. The second kappa shape index (κ2) is 7.25. The fourth-order valence-electron chi connectivity index (χ4n) is 1.42. The predicted octanol–water partition coefficient (Wildman–Crippen LogP) is 2.48. The number of hydrogen-bond donors (Lipinski definition) is 2. The molecule has 0 heterocycles. The molecule has 94 valence electrons. The summed E-state index contributed by atoms with van der Waals surface area (Å²) in [5, 5.41) is 11.7. The quantitative estimate of drug-likeness (QED) is 0.740. The molecular weight excluding hydrogens is 245 g/mol. The summed E-state index contributed by atoms with van der Waals surface area (Å²) >= 11 is 5.65. The van der Waals surface area contributed by atoms with E-state index in [1.807, 2.05) is 0 Å². The average Bonchev–Trinajstić information content (AvgIpc) is 2.27. The van der Waals surface area contributed by atoms with Gasteiger partial charge in [0.05, 0.1) is 5.02 Å². The van der Waals surface area contributed by atoms with Crippen LogP contribution < -0.4 is 5.32 Å². The van der Waals surface area contributed by atoms with E-state index < -0.39 is 11.8 Å². The van der Waals surface area contributed by atoms with E-state index in [4.69, 9.17) is 16.7 Å². The number of benzene rings is 1. The highest BCUT2D eigenvalue weighted by molar-refractivity contribution is 6.30.